The summed E-state index contributed by atoms with van der Waals surface area (Å²) in [6.07, 6.45) is 4.70. The minimum absolute atomic E-state index is 0.0480. The smallest absolute Gasteiger partial charge is 0.333 e. The molecule has 1 amide bonds. The number of nitrogen functional groups attached to an aromatic ring is 4. The zero-order valence-electron chi connectivity index (χ0n) is 25.6. The summed E-state index contributed by atoms with van der Waals surface area (Å²) in [5, 5.41) is 39.1. The van der Waals surface area contributed by atoms with Crippen molar-refractivity contribution in [3.63, 3.8) is 0 Å². The number of amides is 1. The second-order valence-corrected chi connectivity index (χ2v) is 11.3. The lowest BCUT2D eigenvalue weighted by atomic mass is 10.2. The van der Waals surface area contributed by atoms with Crippen LogP contribution >= 0.6 is 15.9 Å². The SMILES string of the molecule is C#CCBr.C#CCn1c(=O)n([C@@H]2O[C@H](CO)C[C@H]2O)c2nc(N)n(N)c(=O)c21.Nc1nc2c(c(=O)n1N)CC(=O)N2[C@@H]1O[C@H](CO)C[C@H]1O. The summed E-state index contributed by atoms with van der Waals surface area (Å²) < 4.78 is 14.2. The topological polar surface area (TPSA) is 320 Å². The Morgan fingerprint density at radius 1 is 0.878 bits per heavy atom. The van der Waals surface area contributed by atoms with Gasteiger partial charge < -0.3 is 53.1 Å². The third kappa shape index (κ3) is 6.83. The minimum atomic E-state index is -1.13. The maximum absolute atomic E-state index is 12.7. The molecule has 6 rings (SSSR count). The van der Waals surface area contributed by atoms with Gasteiger partial charge >= 0.3 is 5.69 Å². The van der Waals surface area contributed by atoms with Crippen LogP contribution in [0.4, 0.5) is 17.7 Å². The number of hydrogen-bond acceptors (Lipinski definition) is 16. The van der Waals surface area contributed by atoms with Crippen molar-refractivity contribution in [3.05, 3.63) is 36.8 Å². The lowest BCUT2D eigenvalue weighted by molar-refractivity contribution is -0.121. The van der Waals surface area contributed by atoms with Crippen LogP contribution < -0.4 is 44.9 Å². The van der Waals surface area contributed by atoms with Crippen LogP contribution in [0.15, 0.2) is 14.4 Å². The Labute approximate surface area is 284 Å². The third-order valence-electron chi connectivity index (χ3n) is 7.65. The molecule has 3 aromatic rings. The summed E-state index contributed by atoms with van der Waals surface area (Å²) in [5.41, 5.74) is 8.94. The molecule has 12 N–H and O–H groups in total. The van der Waals surface area contributed by atoms with Crippen LogP contribution in [0.5, 0.6) is 0 Å². The molecule has 6 atom stereocenters. The minimum Gasteiger partial charge on any atom is -0.394 e. The molecule has 0 unspecified atom stereocenters. The summed E-state index contributed by atoms with van der Waals surface area (Å²) in [6.45, 7) is -0.797. The van der Waals surface area contributed by atoms with Gasteiger partial charge in [0.25, 0.3) is 11.1 Å². The van der Waals surface area contributed by atoms with Crippen LogP contribution in [0.1, 0.15) is 24.6 Å². The number of nitrogens with two attached hydrogens (primary N) is 4. The number of aromatic nitrogens is 6. The maximum Gasteiger partial charge on any atom is 0.333 e. The second-order valence-electron chi connectivity index (χ2n) is 10.8. The highest BCUT2D eigenvalue weighted by atomic mass is 79.9. The van der Waals surface area contributed by atoms with Gasteiger partial charge in [0.15, 0.2) is 29.4 Å². The summed E-state index contributed by atoms with van der Waals surface area (Å²) in [4.78, 5) is 58.2. The molecule has 6 heterocycles. The van der Waals surface area contributed by atoms with Crippen molar-refractivity contribution < 1.29 is 34.7 Å². The van der Waals surface area contributed by atoms with E-state index in [0.717, 1.165) is 14.0 Å². The quantitative estimate of drug-likeness (QED) is 0.0686. The van der Waals surface area contributed by atoms with E-state index in [4.69, 9.17) is 50.6 Å². The van der Waals surface area contributed by atoms with E-state index >= 15 is 0 Å². The number of rotatable bonds is 5. The van der Waals surface area contributed by atoms with E-state index in [1.165, 1.54) is 0 Å². The Kier molecular flexibility index (Phi) is 11.4. The van der Waals surface area contributed by atoms with Crippen molar-refractivity contribution >= 4 is 50.7 Å². The number of nitrogens with zero attached hydrogens (tertiary/aromatic N) is 7. The Hall–Kier alpha value is -4.94. The zero-order valence-corrected chi connectivity index (χ0v) is 27.2. The Morgan fingerprint density at radius 3 is 1.94 bits per heavy atom. The molecule has 2 fully saturated rings. The number of terminal acetylenes is 2. The molecule has 0 aliphatic carbocycles. The first-order valence-corrected chi connectivity index (χ1v) is 15.5. The normalized spacial score (nSPS) is 24.1. The molecular weight excluding hydrogens is 718 g/mol. The van der Waals surface area contributed by atoms with Gasteiger partial charge in [0.05, 0.1) is 49.3 Å². The molecule has 264 valence electrons. The molecule has 3 aliphatic rings. The number of aliphatic hydroxyl groups is 4. The Bertz CT molecular complexity index is 1990. The number of fused-ring (bicyclic) bond motifs is 2. The van der Waals surface area contributed by atoms with E-state index in [2.05, 4.69) is 37.7 Å². The number of carbonyl (C=O) groups excluding carboxylic acids is 1. The van der Waals surface area contributed by atoms with Crippen LogP contribution in [0.3, 0.4) is 0 Å². The predicted octanol–water partition coefficient (Wildman–Crippen LogP) is -5.16. The number of aliphatic hydroxyl groups excluding tert-OH is 4. The number of imidazole rings is 1. The fourth-order valence-electron chi connectivity index (χ4n) is 5.42. The number of hydrogen-bond donors (Lipinski definition) is 8. The van der Waals surface area contributed by atoms with Crippen LogP contribution in [0.25, 0.3) is 11.2 Å². The van der Waals surface area contributed by atoms with Crippen molar-refractivity contribution in [2.45, 2.75) is 62.7 Å². The molecule has 0 saturated carbocycles. The molecular formula is C27H34BrN11O10. The molecule has 0 bridgehead atoms. The molecule has 0 radical (unpaired) electrons. The summed E-state index contributed by atoms with van der Waals surface area (Å²) >= 11 is 3.01. The zero-order chi connectivity index (χ0) is 36.3. The number of halogens is 1. The Morgan fingerprint density at radius 2 is 1.41 bits per heavy atom. The summed E-state index contributed by atoms with van der Waals surface area (Å²) in [5.74, 6) is 14.6. The first kappa shape index (κ1) is 36.9. The van der Waals surface area contributed by atoms with Gasteiger partial charge in [0, 0.05) is 12.8 Å². The van der Waals surface area contributed by atoms with Gasteiger partial charge in [-0.15, -0.1) is 12.8 Å². The average Bonchev–Trinajstić information content (AvgIpc) is 3.81. The van der Waals surface area contributed by atoms with Gasteiger partial charge in [0.1, 0.15) is 12.2 Å². The van der Waals surface area contributed by atoms with Crippen molar-refractivity contribution in [2.75, 3.05) is 46.6 Å². The van der Waals surface area contributed by atoms with E-state index in [9.17, 15) is 34.5 Å². The molecule has 0 aromatic carbocycles. The van der Waals surface area contributed by atoms with Gasteiger partial charge in [-0.1, -0.05) is 27.8 Å². The first-order chi connectivity index (χ1) is 23.2. The second kappa shape index (κ2) is 15.1. The number of ether oxygens (including phenoxy) is 2. The van der Waals surface area contributed by atoms with Crippen LogP contribution in [0.2, 0.25) is 0 Å². The number of anilines is 3. The highest BCUT2D eigenvalue weighted by molar-refractivity contribution is 9.09. The van der Waals surface area contributed by atoms with Gasteiger partial charge in [0.2, 0.25) is 17.8 Å². The molecule has 3 aliphatic heterocycles. The van der Waals surface area contributed by atoms with Crippen LogP contribution in [-0.2, 0) is 27.2 Å². The Balaban J connectivity index is 0.000000201. The molecule has 22 heteroatoms. The fourth-order valence-corrected chi connectivity index (χ4v) is 5.42. The largest absolute Gasteiger partial charge is 0.394 e. The van der Waals surface area contributed by atoms with Gasteiger partial charge in [-0.05, 0) is 0 Å². The van der Waals surface area contributed by atoms with E-state index in [1.807, 2.05) is 0 Å². The standard InChI is InChI=1S/C13H16N6O5.C11H15N5O5.C3H3Br/c1-2-3-17-8-9(16-12(14)19(15)10(8)22)18(13(17)23)11-7(21)4-6(5-20)24-11;12-11-14-8-5(9(20)16(11)13)2-7(19)15(8)10-6(18)1-4(3-17)21-10;1-2-3-4/h1,6-7,11,20-21H,3-5,15H2,(H2,14,16);4,6,10,17-18H,1-3,13H2,(H2,12,14);1H,3H2/t6-,7+,11+;4-,6+,10+;/m00./s1. The average molecular weight is 753 g/mol. The monoisotopic (exact) mass is 751 g/mol. The van der Waals surface area contributed by atoms with Gasteiger partial charge in [-0.2, -0.15) is 19.3 Å². The van der Waals surface area contributed by atoms with E-state index < -0.39 is 59.6 Å². The lowest BCUT2D eigenvalue weighted by Gasteiger charge is -2.26. The fraction of sp³-hybridized carbons (Fsp3) is 0.481. The van der Waals surface area contributed by atoms with Crippen molar-refractivity contribution in [3.8, 4) is 24.7 Å². The van der Waals surface area contributed by atoms with E-state index in [-0.39, 0.29) is 73.5 Å². The summed E-state index contributed by atoms with van der Waals surface area (Å²) in [7, 11) is 0. The van der Waals surface area contributed by atoms with Crippen molar-refractivity contribution in [1.82, 2.24) is 28.5 Å². The highest BCUT2D eigenvalue weighted by Crippen LogP contribution is 2.33. The molecule has 0 spiro atoms. The van der Waals surface area contributed by atoms with Gasteiger partial charge in [-0.3, -0.25) is 23.9 Å². The highest BCUT2D eigenvalue weighted by Gasteiger charge is 2.45. The molecule has 49 heavy (non-hydrogen) atoms. The molecule has 2 saturated heterocycles. The van der Waals surface area contributed by atoms with Gasteiger partial charge in [-0.25, -0.2) is 9.36 Å². The third-order valence-corrected chi connectivity index (χ3v) is 7.97. The maximum atomic E-state index is 12.7. The first-order valence-electron chi connectivity index (χ1n) is 14.3. The molecule has 3 aromatic heterocycles. The van der Waals surface area contributed by atoms with E-state index in [0.29, 0.717) is 14.7 Å². The van der Waals surface area contributed by atoms with Crippen LogP contribution in [0, 0.1) is 24.7 Å². The summed E-state index contributed by atoms with van der Waals surface area (Å²) in [6, 6.07) is 0. The lowest BCUT2D eigenvalue weighted by Crippen LogP contribution is -2.44. The van der Waals surface area contributed by atoms with E-state index in [1.54, 1.807) is 0 Å². The predicted molar refractivity (Wildman–Crippen MR) is 177 cm³/mol. The number of alkyl halides is 1. The van der Waals surface area contributed by atoms with Crippen LogP contribution in [-0.4, -0.2) is 104 Å². The number of carbonyl (C=O) groups is 1. The van der Waals surface area contributed by atoms with Crippen molar-refractivity contribution in [1.29, 1.82) is 0 Å². The molecule has 21 nitrogen and oxygen atoms in total. The van der Waals surface area contributed by atoms with Crippen molar-refractivity contribution in [2.24, 2.45) is 0 Å².